The molecule has 0 aromatic heterocycles. The van der Waals surface area contributed by atoms with Gasteiger partial charge in [0.2, 0.25) is 0 Å². The highest BCUT2D eigenvalue weighted by atomic mass is 32.2. The number of fused-ring (bicyclic) bond motifs is 1. The van der Waals surface area contributed by atoms with Crippen molar-refractivity contribution in [2.45, 2.75) is 42.8 Å². The predicted molar refractivity (Wildman–Crippen MR) is 55.9 cm³/mol. The van der Waals surface area contributed by atoms with Gasteiger partial charge in [-0.25, -0.2) is 4.79 Å². The molecule has 6 nitrogen and oxygen atoms in total. The molecule has 0 aromatic rings. The first kappa shape index (κ1) is 13.2. The maximum atomic E-state index is 12.7. The van der Waals surface area contributed by atoms with Crippen LogP contribution in [0.15, 0.2) is 0 Å². The number of esters is 1. The van der Waals surface area contributed by atoms with E-state index in [0.29, 0.717) is 6.92 Å². The SMILES string of the molecule is CC(F)(F)C(=O)OCC1C2CC3C(O2)C1OS3(=O)=O. The van der Waals surface area contributed by atoms with Crippen LogP contribution in [-0.4, -0.2) is 50.5 Å². The number of hydrogen-bond acceptors (Lipinski definition) is 6. The molecule has 0 aliphatic carbocycles. The molecule has 2 bridgehead atoms. The summed E-state index contributed by atoms with van der Waals surface area (Å²) < 4.78 is 63.4. The summed E-state index contributed by atoms with van der Waals surface area (Å²) in [6, 6.07) is 0. The van der Waals surface area contributed by atoms with Gasteiger partial charge in [0.05, 0.1) is 12.7 Å². The lowest BCUT2D eigenvalue weighted by Gasteiger charge is -2.21. The standard InChI is InChI=1S/C10H12F2O6S/c1-10(11,12)9(13)16-3-4-5-2-6-8(17-5)7(4)18-19(6,14)15/h4-8H,2-3H2,1H3. The third-order valence-electron chi connectivity index (χ3n) is 3.77. The van der Waals surface area contributed by atoms with Gasteiger partial charge >= 0.3 is 11.9 Å². The van der Waals surface area contributed by atoms with Crippen molar-refractivity contribution in [3.63, 3.8) is 0 Å². The molecule has 3 rings (SSSR count). The van der Waals surface area contributed by atoms with Crippen LogP contribution in [0.5, 0.6) is 0 Å². The topological polar surface area (TPSA) is 78.9 Å². The van der Waals surface area contributed by atoms with Crippen molar-refractivity contribution in [1.29, 1.82) is 0 Å². The molecule has 3 heterocycles. The van der Waals surface area contributed by atoms with Crippen molar-refractivity contribution in [1.82, 2.24) is 0 Å². The van der Waals surface area contributed by atoms with Gasteiger partial charge in [0, 0.05) is 12.8 Å². The van der Waals surface area contributed by atoms with Gasteiger partial charge in [0.25, 0.3) is 10.1 Å². The van der Waals surface area contributed by atoms with Crippen molar-refractivity contribution in [3.8, 4) is 0 Å². The van der Waals surface area contributed by atoms with Crippen LogP contribution in [0.2, 0.25) is 0 Å². The van der Waals surface area contributed by atoms with E-state index in [0.717, 1.165) is 0 Å². The zero-order valence-electron chi connectivity index (χ0n) is 9.91. The van der Waals surface area contributed by atoms with Crippen LogP contribution in [0, 0.1) is 5.92 Å². The maximum Gasteiger partial charge on any atom is 0.376 e. The molecular formula is C10H12F2O6S. The molecule has 108 valence electrons. The maximum absolute atomic E-state index is 12.7. The lowest BCUT2D eigenvalue weighted by Crippen LogP contribution is -2.38. The molecule has 0 amide bonds. The van der Waals surface area contributed by atoms with Crippen LogP contribution in [0.3, 0.4) is 0 Å². The van der Waals surface area contributed by atoms with Crippen molar-refractivity contribution < 1.29 is 35.6 Å². The van der Waals surface area contributed by atoms with Crippen LogP contribution >= 0.6 is 0 Å². The second kappa shape index (κ2) is 3.86. The van der Waals surface area contributed by atoms with Crippen LogP contribution in [0.25, 0.3) is 0 Å². The minimum atomic E-state index is -3.64. The molecule has 5 unspecified atom stereocenters. The number of carbonyl (C=O) groups excluding carboxylic acids is 1. The van der Waals surface area contributed by atoms with E-state index in [1.807, 2.05) is 0 Å². The van der Waals surface area contributed by atoms with Crippen molar-refractivity contribution in [2.75, 3.05) is 6.61 Å². The molecular weight excluding hydrogens is 286 g/mol. The summed E-state index contributed by atoms with van der Waals surface area (Å²) in [7, 11) is -3.64. The Morgan fingerprint density at radius 3 is 2.74 bits per heavy atom. The summed E-state index contributed by atoms with van der Waals surface area (Å²) in [5, 5.41) is -0.679. The number of rotatable bonds is 3. The number of carbonyl (C=O) groups is 1. The summed E-state index contributed by atoms with van der Waals surface area (Å²) in [5.41, 5.74) is 0. The molecule has 19 heavy (non-hydrogen) atoms. The largest absolute Gasteiger partial charge is 0.461 e. The summed E-state index contributed by atoms with van der Waals surface area (Å²) in [6.07, 6.45) is -1.46. The van der Waals surface area contributed by atoms with E-state index in [9.17, 15) is 22.0 Å². The second-order valence-electron chi connectivity index (χ2n) is 5.12. The quantitative estimate of drug-likeness (QED) is 0.542. The van der Waals surface area contributed by atoms with Crippen LogP contribution in [-0.2, 0) is 28.6 Å². The van der Waals surface area contributed by atoms with E-state index in [2.05, 4.69) is 4.74 Å². The fourth-order valence-corrected chi connectivity index (χ4v) is 4.54. The molecule has 3 saturated heterocycles. The summed E-state index contributed by atoms with van der Waals surface area (Å²) in [4.78, 5) is 11.0. The Morgan fingerprint density at radius 2 is 2.11 bits per heavy atom. The number of ether oxygens (including phenoxy) is 2. The smallest absolute Gasteiger partial charge is 0.376 e. The lowest BCUT2D eigenvalue weighted by atomic mass is 9.87. The number of alkyl halides is 2. The van der Waals surface area contributed by atoms with Crippen LogP contribution in [0.4, 0.5) is 8.78 Å². The molecule has 5 atom stereocenters. The first-order valence-corrected chi connectivity index (χ1v) is 7.30. The van der Waals surface area contributed by atoms with E-state index >= 15 is 0 Å². The predicted octanol–water partition coefficient (Wildman–Crippen LogP) is 0.0693. The number of hydrogen-bond donors (Lipinski definition) is 0. The van der Waals surface area contributed by atoms with E-state index in [4.69, 9.17) is 8.92 Å². The Kier molecular flexibility index (Phi) is 2.68. The van der Waals surface area contributed by atoms with Gasteiger partial charge in [0.15, 0.2) is 0 Å². The van der Waals surface area contributed by atoms with Crippen LogP contribution in [0.1, 0.15) is 13.3 Å². The van der Waals surface area contributed by atoms with Crippen LogP contribution < -0.4 is 0 Å². The first-order valence-electron chi connectivity index (χ1n) is 5.83. The van der Waals surface area contributed by atoms with E-state index < -0.39 is 51.5 Å². The lowest BCUT2D eigenvalue weighted by molar-refractivity contribution is -0.171. The Hall–Kier alpha value is -0.800. The average molecular weight is 298 g/mol. The third-order valence-corrected chi connectivity index (χ3v) is 5.46. The van der Waals surface area contributed by atoms with Crippen molar-refractivity contribution >= 4 is 16.1 Å². The molecule has 3 fully saturated rings. The van der Waals surface area contributed by atoms with E-state index in [-0.39, 0.29) is 13.0 Å². The Labute approximate surface area is 108 Å². The first-order chi connectivity index (χ1) is 8.70. The molecule has 0 spiro atoms. The Morgan fingerprint density at radius 1 is 1.42 bits per heavy atom. The van der Waals surface area contributed by atoms with Crippen molar-refractivity contribution in [2.24, 2.45) is 5.92 Å². The monoisotopic (exact) mass is 298 g/mol. The molecule has 0 saturated carbocycles. The Balaban J connectivity index is 1.68. The molecule has 0 radical (unpaired) electrons. The zero-order valence-corrected chi connectivity index (χ0v) is 10.7. The third kappa shape index (κ3) is 1.95. The van der Waals surface area contributed by atoms with E-state index in [1.54, 1.807) is 0 Å². The Bertz CT molecular complexity index is 513. The molecule has 0 N–H and O–H groups in total. The van der Waals surface area contributed by atoms with Gasteiger partial charge in [-0.3, -0.25) is 4.18 Å². The fraction of sp³-hybridized carbons (Fsp3) is 0.900. The fourth-order valence-electron chi connectivity index (χ4n) is 2.86. The van der Waals surface area contributed by atoms with Gasteiger partial charge in [-0.1, -0.05) is 0 Å². The van der Waals surface area contributed by atoms with Gasteiger partial charge in [-0.15, -0.1) is 0 Å². The zero-order chi connectivity index (χ0) is 14.0. The van der Waals surface area contributed by atoms with Gasteiger partial charge < -0.3 is 9.47 Å². The summed E-state index contributed by atoms with van der Waals surface area (Å²) in [5.74, 6) is -5.71. The molecule has 0 aromatic carbocycles. The molecule has 3 aliphatic rings. The number of halogens is 2. The van der Waals surface area contributed by atoms with Crippen molar-refractivity contribution in [3.05, 3.63) is 0 Å². The summed E-state index contributed by atoms with van der Waals surface area (Å²) >= 11 is 0. The second-order valence-corrected chi connectivity index (χ2v) is 6.90. The van der Waals surface area contributed by atoms with Gasteiger partial charge in [-0.05, 0) is 6.42 Å². The highest BCUT2D eigenvalue weighted by Gasteiger charge is 2.65. The average Bonchev–Trinajstić information content (AvgIpc) is 2.86. The molecule has 9 heteroatoms. The highest BCUT2D eigenvalue weighted by molar-refractivity contribution is 7.87. The molecule has 3 aliphatic heterocycles. The minimum absolute atomic E-state index is 0.258. The van der Waals surface area contributed by atoms with E-state index in [1.165, 1.54) is 0 Å². The highest BCUT2D eigenvalue weighted by Crippen LogP contribution is 2.49. The van der Waals surface area contributed by atoms with Gasteiger partial charge in [0.1, 0.15) is 17.5 Å². The van der Waals surface area contributed by atoms with Gasteiger partial charge in [-0.2, -0.15) is 17.2 Å². The summed E-state index contributed by atoms with van der Waals surface area (Å²) in [6.45, 7) is 0.121. The normalized spacial score (nSPS) is 42.6. The minimum Gasteiger partial charge on any atom is -0.461 e.